The van der Waals surface area contributed by atoms with Crippen molar-refractivity contribution in [3.05, 3.63) is 95.6 Å². The predicted octanol–water partition coefficient (Wildman–Crippen LogP) is 4.91. The van der Waals surface area contributed by atoms with Gasteiger partial charge >= 0.3 is 0 Å². The number of nitrogens with one attached hydrogen (secondary N) is 1. The largest absolute Gasteiger partial charge is 0.491 e. The molecule has 1 aliphatic carbocycles. The van der Waals surface area contributed by atoms with E-state index in [2.05, 4.69) is 52.9 Å². The second kappa shape index (κ2) is 11.0. The fraction of sp³-hybridized carbons (Fsp3) is 0.333. The highest BCUT2D eigenvalue weighted by Gasteiger charge is 2.14. The van der Waals surface area contributed by atoms with Crippen molar-refractivity contribution < 1.29 is 9.84 Å². The lowest BCUT2D eigenvalue weighted by Gasteiger charge is -2.28. The topological polar surface area (TPSA) is 44.7 Å². The Morgan fingerprint density at radius 3 is 2.32 bits per heavy atom. The zero-order valence-electron chi connectivity index (χ0n) is 18.0. The molecular formula is C27H32N2O2. The highest BCUT2D eigenvalue weighted by molar-refractivity contribution is 5.51. The maximum atomic E-state index is 10.5. The molecule has 3 aromatic rings. The standard InChI is InChI=1S/C27H32N2O2/c30-26(21-31-27-14-8-3-9-15-27)19-28-29(20-22-10-4-1-5-11-22)25-17-16-23-12-6-2-7-13-24(23)18-25/h1,3-5,8-11,14-18,26,28,30H,2,6-7,12-13,19-21H2. The summed E-state index contributed by atoms with van der Waals surface area (Å²) in [6.45, 7) is 1.39. The van der Waals surface area contributed by atoms with Gasteiger partial charge < -0.3 is 14.9 Å². The second-order valence-corrected chi connectivity index (χ2v) is 8.23. The van der Waals surface area contributed by atoms with E-state index in [1.54, 1.807) is 0 Å². The number of para-hydroxylation sites is 1. The first-order chi connectivity index (χ1) is 15.3. The molecule has 1 aliphatic rings. The monoisotopic (exact) mass is 416 g/mol. The zero-order valence-corrected chi connectivity index (χ0v) is 18.0. The summed E-state index contributed by atoms with van der Waals surface area (Å²) in [4.78, 5) is 0. The van der Waals surface area contributed by atoms with Gasteiger partial charge in [0.15, 0.2) is 0 Å². The van der Waals surface area contributed by atoms with Crippen molar-refractivity contribution in [3.8, 4) is 5.75 Å². The number of hydrazine groups is 1. The second-order valence-electron chi connectivity index (χ2n) is 8.23. The highest BCUT2D eigenvalue weighted by atomic mass is 16.5. The number of hydrogen-bond donors (Lipinski definition) is 2. The number of aryl methyl sites for hydroxylation is 2. The minimum atomic E-state index is -0.612. The Bertz CT molecular complexity index is 930. The number of benzene rings is 3. The van der Waals surface area contributed by atoms with Gasteiger partial charge in [-0.25, -0.2) is 5.43 Å². The molecule has 0 saturated heterocycles. The molecule has 0 aliphatic heterocycles. The van der Waals surface area contributed by atoms with E-state index >= 15 is 0 Å². The minimum absolute atomic E-state index is 0.250. The third-order valence-corrected chi connectivity index (χ3v) is 5.78. The van der Waals surface area contributed by atoms with Crippen molar-refractivity contribution in [2.24, 2.45) is 0 Å². The van der Waals surface area contributed by atoms with Crippen LogP contribution < -0.4 is 15.2 Å². The molecule has 4 nitrogen and oxygen atoms in total. The zero-order chi connectivity index (χ0) is 21.3. The van der Waals surface area contributed by atoms with Gasteiger partial charge in [-0.2, -0.15) is 0 Å². The van der Waals surface area contributed by atoms with E-state index in [9.17, 15) is 5.11 Å². The lowest BCUT2D eigenvalue weighted by molar-refractivity contribution is 0.105. The molecule has 4 heteroatoms. The molecule has 1 atom stereocenters. The van der Waals surface area contributed by atoms with E-state index < -0.39 is 6.10 Å². The summed E-state index contributed by atoms with van der Waals surface area (Å²) in [5.41, 5.74) is 8.75. The van der Waals surface area contributed by atoms with Crippen LogP contribution in [0.1, 0.15) is 36.0 Å². The van der Waals surface area contributed by atoms with Crippen molar-refractivity contribution in [2.45, 2.75) is 44.8 Å². The van der Waals surface area contributed by atoms with Crippen LogP contribution in [0.3, 0.4) is 0 Å². The number of hydrogen-bond acceptors (Lipinski definition) is 4. The van der Waals surface area contributed by atoms with Crippen LogP contribution in [0.25, 0.3) is 0 Å². The van der Waals surface area contributed by atoms with E-state index in [4.69, 9.17) is 4.74 Å². The molecule has 0 bridgehead atoms. The first-order valence-electron chi connectivity index (χ1n) is 11.3. The normalized spacial score (nSPS) is 14.4. The van der Waals surface area contributed by atoms with E-state index in [1.165, 1.54) is 42.4 Å². The van der Waals surface area contributed by atoms with Crippen LogP contribution in [-0.4, -0.2) is 24.4 Å². The summed E-state index contributed by atoms with van der Waals surface area (Å²) >= 11 is 0. The molecule has 0 heterocycles. The first kappa shape index (κ1) is 21.4. The average Bonchev–Trinajstić information content (AvgIpc) is 3.06. The SMILES string of the molecule is OC(CNN(Cc1ccccc1)c1ccc2c(c1)CCCCC2)COc1ccccc1. The fourth-order valence-corrected chi connectivity index (χ4v) is 4.05. The van der Waals surface area contributed by atoms with Gasteiger partial charge in [-0.3, -0.25) is 0 Å². The van der Waals surface area contributed by atoms with Crippen LogP contribution in [0, 0.1) is 0 Å². The molecule has 3 aromatic carbocycles. The molecule has 0 spiro atoms. The van der Waals surface area contributed by atoms with Crippen LogP contribution in [0.4, 0.5) is 5.69 Å². The van der Waals surface area contributed by atoms with Crippen molar-refractivity contribution >= 4 is 5.69 Å². The average molecular weight is 417 g/mol. The highest BCUT2D eigenvalue weighted by Crippen LogP contribution is 2.26. The van der Waals surface area contributed by atoms with Crippen LogP contribution in [0.5, 0.6) is 5.75 Å². The van der Waals surface area contributed by atoms with Gasteiger partial charge in [-0.05, 0) is 66.6 Å². The molecule has 1 unspecified atom stereocenters. The molecule has 162 valence electrons. The maximum Gasteiger partial charge on any atom is 0.119 e. The number of rotatable bonds is 9. The molecule has 4 rings (SSSR count). The van der Waals surface area contributed by atoms with Gasteiger partial charge in [-0.15, -0.1) is 0 Å². The van der Waals surface area contributed by atoms with Crippen LogP contribution in [-0.2, 0) is 19.4 Å². The Morgan fingerprint density at radius 2 is 1.55 bits per heavy atom. The third-order valence-electron chi connectivity index (χ3n) is 5.78. The van der Waals surface area contributed by atoms with Gasteiger partial charge in [0.05, 0.1) is 12.2 Å². The summed E-state index contributed by atoms with van der Waals surface area (Å²) < 4.78 is 5.70. The van der Waals surface area contributed by atoms with Gasteiger partial charge in [0, 0.05) is 6.54 Å². The summed E-state index contributed by atoms with van der Waals surface area (Å²) in [5, 5.41) is 12.6. The Balaban J connectivity index is 1.43. The number of aliphatic hydroxyl groups excluding tert-OH is 1. The van der Waals surface area contributed by atoms with E-state index in [0.717, 1.165) is 24.4 Å². The van der Waals surface area contributed by atoms with Crippen molar-refractivity contribution in [1.82, 2.24) is 5.43 Å². The molecule has 0 aromatic heterocycles. The Kier molecular flexibility index (Phi) is 7.59. The molecule has 0 amide bonds. The van der Waals surface area contributed by atoms with E-state index in [1.807, 2.05) is 36.4 Å². The molecule has 0 saturated carbocycles. The van der Waals surface area contributed by atoms with Gasteiger partial charge in [0.2, 0.25) is 0 Å². The molecule has 0 fully saturated rings. The smallest absolute Gasteiger partial charge is 0.119 e. The minimum Gasteiger partial charge on any atom is -0.491 e. The molecule has 2 N–H and O–H groups in total. The summed E-state index contributed by atoms with van der Waals surface area (Å²) in [5.74, 6) is 0.772. The van der Waals surface area contributed by atoms with Gasteiger partial charge in [0.1, 0.15) is 18.5 Å². The number of anilines is 1. The summed E-state index contributed by atoms with van der Waals surface area (Å²) in [7, 11) is 0. The van der Waals surface area contributed by atoms with Crippen LogP contribution in [0.2, 0.25) is 0 Å². The van der Waals surface area contributed by atoms with Crippen molar-refractivity contribution in [1.29, 1.82) is 0 Å². The predicted molar refractivity (Wildman–Crippen MR) is 126 cm³/mol. The summed E-state index contributed by atoms with van der Waals surface area (Å²) in [6, 6.07) is 26.8. The fourth-order valence-electron chi connectivity index (χ4n) is 4.05. The molecular weight excluding hydrogens is 384 g/mol. The van der Waals surface area contributed by atoms with Crippen molar-refractivity contribution in [3.63, 3.8) is 0 Å². The Labute approximate surface area is 185 Å². The van der Waals surface area contributed by atoms with Crippen LogP contribution in [0.15, 0.2) is 78.9 Å². The number of nitrogens with zero attached hydrogens (tertiary/aromatic N) is 1. The Morgan fingerprint density at radius 1 is 0.839 bits per heavy atom. The maximum absolute atomic E-state index is 10.5. The lowest BCUT2D eigenvalue weighted by Crippen LogP contribution is -2.43. The number of fused-ring (bicyclic) bond motifs is 1. The molecule has 0 radical (unpaired) electrons. The van der Waals surface area contributed by atoms with Crippen molar-refractivity contribution in [2.75, 3.05) is 18.2 Å². The molecule has 31 heavy (non-hydrogen) atoms. The first-order valence-corrected chi connectivity index (χ1v) is 11.3. The van der Waals surface area contributed by atoms with E-state index in [-0.39, 0.29) is 6.61 Å². The number of aliphatic hydroxyl groups is 1. The summed E-state index contributed by atoms with van der Waals surface area (Å²) in [6.07, 6.45) is 5.57. The van der Waals surface area contributed by atoms with E-state index in [0.29, 0.717) is 6.54 Å². The number of ether oxygens (including phenoxy) is 1. The quantitative estimate of drug-likeness (QED) is 0.384. The Hall–Kier alpha value is -2.82. The van der Waals surface area contributed by atoms with Gasteiger partial charge in [-0.1, -0.05) is 61.0 Å². The van der Waals surface area contributed by atoms with Crippen LogP contribution >= 0.6 is 0 Å². The third kappa shape index (κ3) is 6.33. The lowest BCUT2D eigenvalue weighted by atomic mass is 10.0. The van der Waals surface area contributed by atoms with Gasteiger partial charge in [0.25, 0.3) is 0 Å².